The lowest BCUT2D eigenvalue weighted by molar-refractivity contribution is -0.135. The number of H-pyrrole nitrogens is 2. The maximum atomic E-state index is 16.3. The second kappa shape index (κ2) is 11.9. The van der Waals surface area contributed by atoms with Gasteiger partial charge in [-0.1, -0.05) is 44.2 Å². The summed E-state index contributed by atoms with van der Waals surface area (Å²) in [6.45, 7) is 5.34. The lowest BCUT2D eigenvalue weighted by Gasteiger charge is -2.29. The molecule has 6 aromatic rings. The van der Waals surface area contributed by atoms with Gasteiger partial charge < -0.3 is 30.2 Å². The molecule has 2 aromatic heterocycles. The van der Waals surface area contributed by atoms with Crippen LogP contribution < -0.4 is 10.6 Å². The number of hydrogen-bond donors (Lipinski definition) is 4. The van der Waals surface area contributed by atoms with Gasteiger partial charge in [-0.05, 0) is 73.4 Å². The Morgan fingerprint density at radius 3 is 2.42 bits per heavy atom. The summed E-state index contributed by atoms with van der Waals surface area (Å²) in [6.07, 6.45) is 3.12. The Balaban J connectivity index is 1.12. The first-order valence-electron chi connectivity index (χ1n) is 16.7. The number of fused-ring (bicyclic) bond motifs is 6. The SMILES string of the molecule is COC(=O)N[C@H](C(=O)N1CCC[C@H]1c1nc2c(ccc3c(F)c(-c4ccc5c(ccc6[nH]c([C@@H]7CCCN7)nc65)c4)ccc32)[nH]1)C(C)C. The number of aromatic nitrogens is 4. The molecule has 2 amide bonds. The molecule has 11 heteroatoms. The Morgan fingerprint density at radius 1 is 0.917 bits per heavy atom. The van der Waals surface area contributed by atoms with E-state index in [0.717, 1.165) is 70.9 Å². The molecule has 10 nitrogen and oxygen atoms in total. The van der Waals surface area contributed by atoms with Crippen molar-refractivity contribution in [1.82, 2.24) is 35.5 Å². The first-order chi connectivity index (χ1) is 23.3. The first-order valence-corrected chi connectivity index (χ1v) is 16.7. The van der Waals surface area contributed by atoms with Gasteiger partial charge in [0.05, 0.1) is 41.3 Å². The molecule has 8 rings (SSSR count). The van der Waals surface area contributed by atoms with Crippen molar-refractivity contribution in [2.45, 2.75) is 57.7 Å². The van der Waals surface area contributed by atoms with E-state index in [1.165, 1.54) is 7.11 Å². The number of likely N-dealkylation sites (tertiary alicyclic amines) is 1. The lowest BCUT2D eigenvalue weighted by atomic mass is 9.97. The highest BCUT2D eigenvalue weighted by molar-refractivity contribution is 6.08. The average molecular weight is 648 g/mol. The van der Waals surface area contributed by atoms with Gasteiger partial charge >= 0.3 is 6.09 Å². The maximum Gasteiger partial charge on any atom is 0.407 e. The average Bonchev–Trinajstić information content (AvgIpc) is 3.92. The third-order valence-electron chi connectivity index (χ3n) is 10.0. The Kier molecular flexibility index (Phi) is 7.51. The van der Waals surface area contributed by atoms with Gasteiger partial charge in [0.2, 0.25) is 5.91 Å². The molecule has 2 aliphatic heterocycles. The van der Waals surface area contributed by atoms with Crippen molar-refractivity contribution in [1.29, 1.82) is 0 Å². The van der Waals surface area contributed by atoms with Crippen LogP contribution in [0.2, 0.25) is 0 Å². The summed E-state index contributed by atoms with van der Waals surface area (Å²) in [5.74, 6) is 1.01. The van der Waals surface area contributed by atoms with Crippen molar-refractivity contribution < 1.29 is 18.7 Å². The highest BCUT2D eigenvalue weighted by atomic mass is 19.1. The van der Waals surface area contributed by atoms with E-state index in [1.54, 1.807) is 11.0 Å². The van der Waals surface area contributed by atoms with Crippen LogP contribution in [-0.4, -0.2) is 63.1 Å². The number of benzene rings is 4. The highest BCUT2D eigenvalue weighted by Crippen LogP contribution is 2.37. The van der Waals surface area contributed by atoms with Crippen LogP contribution in [-0.2, 0) is 9.53 Å². The smallest absolute Gasteiger partial charge is 0.407 e. The minimum absolute atomic E-state index is 0.129. The molecule has 0 spiro atoms. The van der Waals surface area contributed by atoms with Crippen LogP contribution in [0.5, 0.6) is 0 Å². The Labute approximate surface area is 276 Å². The second-order valence-corrected chi connectivity index (χ2v) is 13.3. The molecule has 0 saturated carbocycles. The molecule has 0 aliphatic carbocycles. The minimum Gasteiger partial charge on any atom is -0.453 e. The molecule has 0 radical (unpaired) electrons. The zero-order chi connectivity index (χ0) is 33.1. The van der Waals surface area contributed by atoms with Crippen molar-refractivity contribution >= 4 is 55.6 Å². The number of nitrogens with zero attached hydrogens (tertiary/aromatic N) is 3. The van der Waals surface area contributed by atoms with E-state index in [-0.39, 0.29) is 29.7 Å². The summed E-state index contributed by atoms with van der Waals surface area (Å²) in [5, 5.41) is 9.41. The molecule has 2 fully saturated rings. The number of carbonyl (C=O) groups is 2. The van der Waals surface area contributed by atoms with Crippen LogP contribution >= 0.6 is 0 Å². The Hall–Kier alpha value is -5.03. The zero-order valence-electron chi connectivity index (χ0n) is 27.2. The molecule has 48 heavy (non-hydrogen) atoms. The van der Waals surface area contributed by atoms with Crippen LogP contribution in [0.15, 0.2) is 54.6 Å². The fourth-order valence-electron chi connectivity index (χ4n) is 7.51. The molecular formula is C37H38FN7O3. The Morgan fingerprint density at radius 2 is 1.65 bits per heavy atom. The molecular weight excluding hydrogens is 609 g/mol. The maximum absolute atomic E-state index is 16.3. The number of rotatable bonds is 6. The zero-order valence-corrected chi connectivity index (χ0v) is 27.2. The van der Waals surface area contributed by atoms with Gasteiger partial charge in [-0.15, -0.1) is 0 Å². The monoisotopic (exact) mass is 647 g/mol. The summed E-state index contributed by atoms with van der Waals surface area (Å²) in [6, 6.07) is 16.8. The summed E-state index contributed by atoms with van der Waals surface area (Å²) in [4.78, 5) is 44.1. The van der Waals surface area contributed by atoms with Crippen molar-refractivity contribution in [3.8, 4) is 11.1 Å². The van der Waals surface area contributed by atoms with Crippen LogP contribution in [0, 0.1) is 11.7 Å². The number of amides is 2. The van der Waals surface area contributed by atoms with Crippen molar-refractivity contribution in [3.63, 3.8) is 0 Å². The predicted molar refractivity (Wildman–Crippen MR) is 184 cm³/mol. The normalized spacial score (nSPS) is 18.9. The van der Waals surface area contributed by atoms with E-state index in [2.05, 4.69) is 26.7 Å². The molecule has 0 bridgehead atoms. The van der Waals surface area contributed by atoms with Crippen LogP contribution in [0.3, 0.4) is 0 Å². The van der Waals surface area contributed by atoms with E-state index in [9.17, 15) is 9.59 Å². The van der Waals surface area contributed by atoms with Crippen LogP contribution in [0.1, 0.15) is 63.3 Å². The number of ether oxygens (including phenoxy) is 1. The first kappa shape index (κ1) is 30.3. The van der Waals surface area contributed by atoms with Gasteiger partial charge in [-0.3, -0.25) is 4.79 Å². The topological polar surface area (TPSA) is 128 Å². The van der Waals surface area contributed by atoms with Crippen LogP contribution in [0.4, 0.5) is 9.18 Å². The van der Waals surface area contributed by atoms with E-state index in [4.69, 9.17) is 14.7 Å². The molecule has 2 saturated heterocycles. The fourth-order valence-corrected chi connectivity index (χ4v) is 7.51. The molecule has 4 N–H and O–H groups in total. The minimum atomic E-state index is -0.720. The van der Waals surface area contributed by atoms with Gasteiger partial charge in [0.25, 0.3) is 0 Å². The summed E-state index contributed by atoms with van der Waals surface area (Å²) >= 11 is 0. The van der Waals surface area contributed by atoms with Crippen LogP contribution in [0.25, 0.3) is 54.7 Å². The quantitative estimate of drug-likeness (QED) is 0.154. The van der Waals surface area contributed by atoms with Gasteiger partial charge in [-0.2, -0.15) is 0 Å². The largest absolute Gasteiger partial charge is 0.453 e. The van der Waals surface area contributed by atoms with Crippen molar-refractivity contribution in [2.75, 3.05) is 20.2 Å². The second-order valence-electron chi connectivity index (χ2n) is 13.3. The van der Waals surface area contributed by atoms with E-state index in [0.29, 0.717) is 34.2 Å². The molecule has 246 valence electrons. The third-order valence-corrected chi connectivity index (χ3v) is 10.0. The van der Waals surface area contributed by atoms with Gasteiger partial charge in [0.15, 0.2) is 0 Å². The van der Waals surface area contributed by atoms with Gasteiger partial charge in [0.1, 0.15) is 23.5 Å². The molecule has 3 atom stereocenters. The summed E-state index contributed by atoms with van der Waals surface area (Å²) in [7, 11) is 1.28. The number of methoxy groups -OCH3 is 1. The molecule has 4 aromatic carbocycles. The summed E-state index contributed by atoms with van der Waals surface area (Å²) in [5.41, 5.74) is 4.67. The molecule has 0 unspecified atom stereocenters. The number of hydrogen-bond acceptors (Lipinski definition) is 6. The van der Waals surface area contributed by atoms with E-state index < -0.39 is 12.1 Å². The predicted octanol–water partition coefficient (Wildman–Crippen LogP) is 7.02. The Bertz CT molecular complexity index is 2220. The number of aromatic amines is 2. The number of imidazole rings is 2. The molecule has 2 aliphatic rings. The fraction of sp³-hybridized carbons (Fsp3) is 0.351. The number of carbonyl (C=O) groups excluding carboxylic acids is 2. The number of alkyl carbamates (subject to hydrolysis) is 1. The lowest BCUT2D eigenvalue weighted by Crippen LogP contribution is -2.51. The van der Waals surface area contributed by atoms with E-state index >= 15 is 4.39 Å². The van der Waals surface area contributed by atoms with Gasteiger partial charge in [-0.25, -0.2) is 19.2 Å². The molecule has 4 heterocycles. The third kappa shape index (κ3) is 5.04. The summed E-state index contributed by atoms with van der Waals surface area (Å²) < 4.78 is 21.1. The van der Waals surface area contributed by atoms with Crippen molar-refractivity contribution in [3.05, 3.63) is 72.1 Å². The highest BCUT2D eigenvalue weighted by Gasteiger charge is 2.37. The number of nitrogens with one attached hydrogen (secondary N) is 4. The van der Waals surface area contributed by atoms with Crippen molar-refractivity contribution in [2.24, 2.45) is 5.92 Å². The number of halogens is 1. The standard InChI is InChI=1S/C37H38FN7O3/c1-19(2)31(44-37(47)48-3)36(46)45-17-5-7-29(45)35-41-27-15-13-24-25(33(27)43-35)12-11-22(30(24)38)20-8-10-23-21(18-20)9-14-26-32(23)42-34(40-26)28-6-4-16-39-28/h8-15,18-19,28-29,31,39H,4-7,16-17H2,1-3H3,(H,40,42)(H,41,43)(H,44,47)/t28-,29-,31-/m0/s1. The van der Waals surface area contributed by atoms with Gasteiger partial charge in [0, 0.05) is 28.3 Å². The van der Waals surface area contributed by atoms with E-state index in [1.807, 2.05) is 56.3 Å².